The van der Waals surface area contributed by atoms with Crippen molar-refractivity contribution in [1.82, 2.24) is 9.88 Å². The molecule has 1 amide bonds. The van der Waals surface area contributed by atoms with Crippen LogP contribution in [0, 0.1) is 5.82 Å². The van der Waals surface area contributed by atoms with Crippen LogP contribution in [-0.4, -0.2) is 22.8 Å². The van der Waals surface area contributed by atoms with Gasteiger partial charge in [-0.25, -0.2) is 4.39 Å². The van der Waals surface area contributed by atoms with Crippen molar-refractivity contribution in [1.29, 1.82) is 0 Å². The van der Waals surface area contributed by atoms with Crippen molar-refractivity contribution in [2.75, 3.05) is 7.05 Å². The van der Waals surface area contributed by atoms with Crippen LogP contribution in [0.1, 0.15) is 28.9 Å². The quantitative estimate of drug-likeness (QED) is 0.778. The van der Waals surface area contributed by atoms with Gasteiger partial charge in [0.15, 0.2) is 0 Å². The van der Waals surface area contributed by atoms with Crippen molar-refractivity contribution in [3.8, 4) is 0 Å². The Morgan fingerprint density at radius 2 is 1.87 bits per heavy atom. The number of carbonyl (C=O) groups is 1. The number of nitrogens with zero attached hydrogens (tertiary/aromatic N) is 1. The van der Waals surface area contributed by atoms with E-state index >= 15 is 0 Å². The van der Waals surface area contributed by atoms with E-state index in [-0.39, 0.29) is 17.3 Å². The third-order valence-corrected chi connectivity index (χ3v) is 4.79. The average molecular weight is 308 g/mol. The van der Waals surface area contributed by atoms with Gasteiger partial charge in [-0.1, -0.05) is 30.3 Å². The third kappa shape index (κ3) is 2.22. The van der Waals surface area contributed by atoms with Gasteiger partial charge >= 0.3 is 0 Å². The van der Waals surface area contributed by atoms with Crippen molar-refractivity contribution in [2.24, 2.45) is 0 Å². The molecule has 1 aliphatic carbocycles. The van der Waals surface area contributed by atoms with Crippen molar-refractivity contribution in [3.63, 3.8) is 0 Å². The highest BCUT2D eigenvalue weighted by Gasteiger charge is 2.50. The third-order valence-electron chi connectivity index (χ3n) is 4.79. The number of carbonyl (C=O) groups excluding carboxylic acids is 1. The van der Waals surface area contributed by atoms with Crippen LogP contribution >= 0.6 is 0 Å². The van der Waals surface area contributed by atoms with Gasteiger partial charge in [0.2, 0.25) is 0 Å². The molecule has 3 nitrogen and oxygen atoms in total. The lowest BCUT2D eigenvalue weighted by molar-refractivity contribution is 0.0700. The summed E-state index contributed by atoms with van der Waals surface area (Å²) in [5.41, 5.74) is 2.22. The molecule has 3 aromatic rings. The van der Waals surface area contributed by atoms with E-state index in [1.165, 1.54) is 12.1 Å². The Kier molecular flexibility index (Phi) is 3.01. The molecule has 0 spiro atoms. The van der Waals surface area contributed by atoms with Gasteiger partial charge < -0.3 is 9.88 Å². The topological polar surface area (TPSA) is 36.1 Å². The molecule has 0 aliphatic heterocycles. The highest BCUT2D eigenvalue weighted by atomic mass is 19.1. The first-order chi connectivity index (χ1) is 11.1. The molecule has 1 saturated carbocycles. The van der Waals surface area contributed by atoms with Crippen LogP contribution in [0.15, 0.2) is 54.6 Å². The monoisotopic (exact) mass is 308 g/mol. The molecule has 0 atom stereocenters. The molecule has 2 aromatic carbocycles. The highest BCUT2D eigenvalue weighted by molar-refractivity contribution is 5.98. The summed E-state index contributed by atoms with van der Waals surface area (Å²) in [6, 6.07) is 16.3. The van der Waals surface area contributed by atoms with E-state index in [0.29, 0.717) is 11.1 Å². The standard InChI is InChI=1S/C19H17FN2O/c1-22(19(9-10-19)14-5-3-2-4-6-14)18(23)17-12-13-11-15(20)7-8-16(13)21-17/h2-8,11-12,21H,9-10H2,1H3. The molecule has 0 saturated heterocycles. The molecule has 1 heterocycles. The molecule has 0 radical (unpaired) electrons. The predicted octanol–water partition coefficient (Wildman–Crippen LogP) is 4.07. The first-order valence-electron chi connectivity index (χ1n) is 7.72. The van der Waals surface area contributed by atoms with E-state index in [4.69, 9.17) is 0 Å². The molecule has 116 valence electrons. The maximum absolute atomic E-state index is 13.3. The lowest BCUT2D eigenvalue weighted by Gasteiger charge is -2.28. The highest BCUT2D eigenvalue weighted by Crippen LogP contribution is 2.50. The van der Waals surface area contributed by atoms with Crippen molar-refractivity contribution in [3.05, 3.63) is 71.7 Å². The average Bonchev–Trinajstić information content (AvgIpc) is 3.28. The zero-order valence-corrected chi connectivity index (χ0v) is 12.8. The fourth-order valence-corrected chi connectivity index (χ4v) is 3.28. The number of rotatable bonds is 3. The van der Waals surface area contributed by atoms with E-state index in [1.54, 1.807) is 12.1 Å². The Hall–Kier alpha value is -2.62. The summed E-state index contributed by atoms with van der Waals surface area (Å²) < 4.78 is 13.3. The Balaban J connectivity index is 1.68. The maximum Gasteiger partial charge on any atom is 0.270 e. The van der Waals surface area contributed by atoms with Crippen LogP contribution in [-0.2, 0) is 5.54 Å². The largest absolute Gasteiger partial charge is 0.351 e. The van der Waals surface area contributed by atoms with Gasteiger partial charge in [-0.05, 0) is 42.7 Å². The Morgan fingerprint density at radius 3 is 2.57 bits per heavy atom. The van der Waals surface area contributed by atoms with Crippen molar-refractivity contribution >= 4 is 16.8 Å². The van der Waals surface area contributed by atoms with Crippen LogP contribution < -0.4 is 0 Å². The number of hydrogen-bond acceptors (Lipinski definition) is 1. The van der Waals surface area contributed by atoms with Crippen LogP contribution in [0.25, 0.3) is 10.9 Å². The second kappa shape index (κ2) is 4.95. The second-order valence-corrected chi connectivity index (χ2v) is 6.18. The summed E-state index contributed by atoms with van der Waals surface area (Å²) in [5.74, 6) is -0.366. The summed E-state index contributed by atoms with van der Waals surface area (Å²) in [7, 11) is 1.84. The number of fused-ring (bicyclic) bond motifs is 1. The minimum atomic E-state index is -0.299. The fourth-order valence-electron chi connectivity index (χ4n) is 3.28. The molecular formula is C19H17FN2O. The number of halogens is 1. The van der Waals surface area contributed by atoms with Gasteiger partial charge in [0.25, 0.3) is 5.91 Å². The number of aromatic nitrogens is 1. The summed E-state index contributed by atoms with van der Waals surface area (Å²) in [6.45, 7) is 0. The molecule has 23 heavy (non-hydrogen) atoms. The number of hydrogen-bond donors (Lipinski definition) is 1. The molecular weight excluding hydrogens is 291 g/mol. The molecule has 1 fully saturated rings. The number of benzene rings is 2. The van der Waals surface area contributed by atoms with Crippen molar-refractivity contribution in [2.45, 2.75) is 18.4 Å². The molecule has 1 aliphatic rings. The van der Waals surface area contributed by atoms with Crippen LogP contribution in [0.3, 0.4) is 0 Å². The molecule has 4 rings (SSSR count). The van der Waals surface area contributed by atoms with Crippen LogP contribution in [0.5, 0.6) is 0 Å². The van der Waals surface area contributed by atoms with Gasteiger partial charge in [0, 0.05) is 18.0 Å². The Bertz CT molecular complexity index is 881. The van der Waals surface area contributed by atoms with Gasteiger partial charge in [-0.3, -0.25) is 4.79 Å². The molecule has 0 bridgehead atoms. The van der Waals surface area contributed by atoms with Gasteiger partial charge in [0.05, 0.1) is 5.54 Å². The zero-order valence-electron chi connectivity index (χ0n) is 12.8. The second-order valence-electron chi connectivity index (χ2n) is 6.18. The SMILES string of the molecule is CN(C(=O)c1cc2cc(F)ccc2[nH]1)C1(c2ccccc2)CC1. The number of H-pyrrole nitrogens is 1. The van der Waals surface area contributed by atoms with Crippen LogP contribution in [0.4, 0.5) is 4.39 Å². The summed E-state index contributed by atoms with van der Waals surface area (Å²) in [6.07, 6.45) is 1.93. The summed E-state index contributed by atoms with van der Waals surface area (Å²) in [4.78, 5) is 17.8. The fraction of sp³-hybridized carbons (Fsp3) is 0.211. The molecule has 1 N–H and O–H groups in total. The first kappa shape index (κ1) is 14.0. The van der Waals surface area contributed by atoms with E-state index < -0.39 is 0 Å². The van der Waals surface area contributed by atoms with Gasteiger partial charge in [-0.15, -0.1) is 0 Å². The number of amides is 1. The molecule has 0 unspecified atom stereocenters. The summed E-state index contributed by atoms with van der Waals surface area (Å²) in [5, 5.41) is 0.714. The molecule has 1 aromatic heterocycles. The Morgan fingerprint density at radius 1 is 1.13 bits per heavy atom. The zero-order chi connectivity index (χ0) is 16.0. The van der Waals surface area contributed by atoms with E-state index in [9.17, 15) is 9.18 Å². The lowest BCUT2D eigenvalue weighted by Crippen LogP contribution is -2.37. The number of nitrogens with one attached hydrogen (secondary N) is 1. The van der Waals surface area contributed by atoms with Crippen LogP contribution in [0.2, 0.25) is 0 Å². The van der Waals surface area contributed by atoms with Gasteiger partial charge in [0.1, 0.15) is 11.5 Å². The maximum atomic E-state index is 13.3. The minimum Gasteiger partial charge on any atom is -0.351 e. The van der Waals surface area contributed by atoms with E-state index in [1.807, 2.05) is 30.1 Å². The van der Waals surface area contributed by atoms with E-state index in [0.717, 1.165) is 23.9 Å². The Labute approximate surface area is 133 Å². The van der Waals surface area contributed by atoms with Gasteiger partial charge in [-0.2, -0.15) is 0 Å². The van der Waals surface area contributed by atoms with E-state index in [2.05, 4.69) is 17.1 Å². The summed E-state index contributed by atoms with van der Waals surface area (Å²) >= 11 is 0. The lowest BCUT2D eigenvalue weighted by atomic mass is 10.0. The predicted molar refractivity (Wildman–Crippen MR) is 87.7 cm³/mol. The number of aromatic amines is 1. The molecule has 4 heteroatoms. The minimum absolute atomic E-state index is 0.0667. The first-order valence-corrected chi connectivity index (χ1v) is 7.72. The normalized spacial score (nSPS) is 15.6. The smallest absolute Gasteiger partial charge is 0.270 e. The van der Waals surface area contributed by atoms with Crippen molar-refractivity contribution < 1.29 is 9.18 Å².